The zero-order valence-electron chi connectivity index (χ0n) is 11.0. The molecule has 1 aliphatic rings. The lowest BCUT2D eigenvalue weighted by Crippen LogP contribution is -2.52. The van der Waals surface area contributed by atoms with E-state index in [0.29, 0.717) is 35.3 Å². The van der Waals surface area contributed by atoms with Gasteiger partial charge in [0.1, 0.15) is 11.7 Å². The van der Waals surface area contributed by atoms with Gasteiger partial charge in [-0.25, -0.2) is 9.18 Å². The number of carbonyl (C=O) groups excluding carboxylic acids is 2. The molecular formula is C14H12ClFN2O2S. The Kier molecular flexibility index (Phi) is 3.82. The fourth-order valence-corrected chi connectivity index (χ4v) is 3.58. The molecule has 0 unspecified atom stereocenters. The predicted octanol–water partition coefficient (Wildman–Crippen LogP) is 3.44. The zero-order valence-corrected chi connectivity index (χ0v) is 12.6. The van der Waals surface area contributed by atoms with Gasteiger partial charge >= 0.3 is 6.03 Å². The first-order chi connectivity index (χ1) is 10.1. The maximum absolute atomic E-state index is 13.7. The summed E-state index contributed by atoms with van der Waals surface area (Å²) in [6.45, 7) is 0.880. The van der Waals surface area contributed by atoms with Gasteiger partial charge in [0, 0.05) is 23.9 Å². The zero-order chi connectivity index (χ0) is 15.0. The van der Waals surface area contributed by atoms with Crippen LogP contribution in [0.25, 0.3) is 10.1 Å². The summed E-state index contributed by atoms with van der Waals surface area (Å²) < 4.78 is 14.3. The molecule has 0 N–H and O–H groups in total. The molecule has 1 fully saturated rings. The fraction of sp³-hybridized carbons (Fsp3) is 0.286. The second kappa shape index (κ2) is 5.61. The molecule has 7 heteroatoms. The summed E-state index contributed by atoms with van der Waals surface area (Å²) in [6.07, 6.45) is 0.668. The van der Waals surface area contributed by atoms with Crippen LogP contribution in [0, 0.1) is 5.82 Å². The number of hydrogen-bond donors (Lipinski definition) is 0. The van der Waals surface area contributed by atoms with E-state index in [4.69, 9.17) is 11.6 Å². The summed E-state index contributed by atoms with van der Waals surface area (Å²) in [7, 11) is 0. The van der Waals surface area contributed by atoms with Gasteiger partial charge in [0.25, 0.3) is 0 Å². The lowest BCUT2D eigenvalue weighted by molar-refractivity contribution is -0.125. The van der Waals surface area contributed by atoms with Crippen molar-refractivity contribution in [3.8, 4) is 0 Å². The minimum atomic E-state index is -0.405. The highest BCUT2D eigenvalue weighted by Gasteiger charge is 2.31. The molecule has 1 aliphatic heterocycles. The highest BCUT2D eigenvalue weighted by atomic mass is 35.5. The molecule has 2 heterocycles. The Labute approximate surface area is 129 Å². The standard InChI is InChI=1S/C14H12ClFN2O2S/c15-7-12(19)18-6-2-5-17(14(18)20)11-8-21-13-9(11)3-1-4-10(13)16/h1,3-4,8H,2,5-7H2. The molecule has 0 saturated carbocycles. The fourth-order valence-electron chi connectivity index (χ4n) is 2.47. The van der Waals surface area contributed by atoms with Crippen LogP contribution < -0.4 is 4.90 Å². The topological polar surface area (TPSA) is 40.6 Å². The van der Waals surface area contributed by atoms with Gasteiger partial charge in [-0.3, -0.25) is 14.6 Å². The predicted molar refractivity (Wildman–Crippen MR) is 81.6 cm³/mol. The Hall–Kier alpha value is -1.66. The molecule has 0 atom stereocenters. The molecule has 110 valence electrons. The second-order valence-electron chi connectivity index (χ2n) is 4.70. The van der Waals surface area contributed by atoms with E-state index in [-0.39, 0.29) is 11.7 Å². The number of amides is 3. The third-order valence-electron chi connectivity index (χ3n) is 3.46. The van der Waals surface area contributed by atoms with E-state index >= 15 is 0 Å². The molecule has 1 aromatic heterocycles. The van der Waals surface area contributed by atoms with Crippen molar-refractivity contribution in [1.82, 2.24) is 4.90 Å². The first-order valence-electron chi connectivity index (χ1n) is 6.47. The van der Waals surface area contributed by atoms with Gasteiger partial charge in [-0.2, -0.15) is 0 Å². The number of imide groups is 1. The van der Waals surface area contributed by atoms with Crippen LogP contribution >= 0.6 is 22.9 Å². The summed E-state index contributed by atoms with van der Waals surface area (Å²) in [5.41, 5.74) is 0.645. The largest absolute Gasteiger partial charge is 0.331 e. The van der Waals surface area contributed by atoms with Crippen molar-refractivity contribution in [2.45, 2.75) is 6.42 Å². The van der Waals surface area contributed by atoms with Gasteiger partial charge in [0.2, 0.25) is 5.91 Å². The Morgan fingerprint density at radius 2 is 2.19 bits per heavy atom. The first kappa shape index (κ1) is 14.3. The van der Waals surface area contributed by atoms with Crippen molar-refractivity contribution in [3.63, 3.8) is 0 Å². The monoisotopic (exact) mass is 326 g/mol. The van der Waals surface area contributed by atoms with Crippen LogP contribution in [-0.4, -0.2) is 35.8 Å². The van der Waals surface area contributed by atoms with Crippen LogP contribution in [0.1, 0.15) is 6.42 Å². The van der Waals surface area contributed by atoms with Crippen LogP contribution in [0.15, 0.2) is 23.6 Å². The number of thiophene rings is 1. The van der Waals surface area contributed by atoms with E-state index < -0.39 is 11.9 Å². The molecule has 1 aromatic carbocycles. The van der Waals surface area contributed by atoms with E-state index in [2.05, 4.69) is 0 Å². The third kappa shape index (κ3) is 2.38. The molecule has 3 amide bonds. The number of alkyl halides is 1. The molecule has 1 saturated heterocycles. The highest BCUT2D eigenvalue weighted by molar-refractivity contribution is 7.17. The van der Waals surface area contributed by atoms with E-state index in [1.54, 1.807) is 17.5 Å². The molecule has 2 aromatic rings. The molecule has 4 nitrogen and oxygen atoms in total. The molecule has 21 heavy (non-hydrogen) atoms. The van der Waals surface area contributed by atoms with Gasteiger partial charge in [-0.05, 0) is 12.5 Å². The van der Waals surface area contributed by atoms with Crippen molar-refractivity contribution < 1.29 is 14.0 Å². The number of urea groups is 1. The van der Waals surface area contributed by atoms with Gasteiger partial charge in [-0.15, -0.1) is 22.9 Å². The number of nitrogens with zero attached hydrogens (tertiary/aromatic N) is 2. The number of benzene rings is 1. The van der Waals surface area contributed by atoms with Gasteiger partial charge < -0.3 is 0 Å². The van der Waals surface area contributed by atoms with Crippen molar-refractivity contribution >= 4 is 50.6 Å². The van der Waals surface area contributed by atoms with Crippen LogP contribution in [0.3, 0.4) is 0 Å². The summed E-state index contributed by atoms with van der Waals surface area (Å²) in [4.78, 5) is 26.8. The molecule has 0 bridgehead atoms. The summed E-state index contributed by atoms with van der Waals surface area (Å²) in [5, 5.41) is 2.44. The van der Waals surface area contributed by atoms with Crippen molar-refractivity contribution in [2.24, 2.45) is 0 Å². The average molecular weight is 327 g/mol. The summed E-state index contributed by atoms with van der Waals surface area (Å²) in [6, 6.07) is 4.39. The number of anilines is 1. The van der Waals surface area contributed by atoms with Gasteiger partial charge in [0.05, 0.1) is 10.4 Å². The van der Waals surface area contributed by atoms with E-state index in [1.807, 2.05) is 0 Å². The minimum Gasteiger partial charge on any atom is -0.292 e. The Bertz CT molecular complexity index is 718. The average Bonchev–Trinajstić information content (AvgIpc) is 2.92. The summed E-state index contributed by atoms with van der Waals surface area (Å²) >= 11 is 6.78. The maximum atomic E-state index is 13.7. The quantitative estimate of drug-likeness (QED) is 0.793. The number of halogens is 2. The normalized spacial score (nSPS) is 15.8. The van der Waals surface area contributed by atoms with Crippen LogP contribution in [0.4, 0.5) is 14.9 Å². The van der Waals surface area contributed by atoms with Crippen molar-refractivity contribution in [2.75, 3.05) is 23.9 Å². The van der Waals surface area contributed by atoms with Crippen LogP contribution in [0.2, 0.25) is 0 Å². The number of carbonyl (C=O) groups is 2. The first-order valence-corrected chi connectivity index (χ1v) is 7.88. The molecular weight excluding hydrogens is 315 g/mol. The lowest BCUT2D eigenvalue weighted by atomic mass is 10.2. The van der Waals surface area contributed by atoms with Gasteiger partial charge in [-0.1, -0.05) is 12.1 Å². The Morgan fingerprint density at radius 1 is 1.38 bits per heavy atom. The number of fused-ring (bicyclic) bond motifs is 1. The smallest absolute Gasteiger partial charge is 0.292 e. The Morgan fingerprint density at radius 3 is 2.95 bits per heavy atom. The van der Waals surface area contributed by atoms with Gasteiger partial charge in [0.15, 0.2) is 0 Å². The molecule has 0 spiro atoms. The minimum absolute atomic E-state index is 0.224. The van der Waals surface area contributed by atoms with Crippen LogP contribution in [0.5, 0.6) is 0 Å². The van der Waals surface area contributed by atoms with Crippen LogP contribution in [-0.2, 0) is 4.79 Å². The molecule has 3 rings (SSSR count). The van der Waals surface area contributed by atoms with E-state index in [0.717, 1.165) is 4.90 Å². The highest BCUT2D eigenvalue weighted by Crippen LogP contribution is 2.35. The Balaban J connectivity index is 2.00. The van der Waals surface area contributed by atoms with Crippen molar-refractivity contribution in [1.29, 1.82) is 0 Å². The maximum Gasteiger partial charge on any atom is 0.331 e. The SMILES string of the molecule is O=C(CCl)N1CCCN(c2csc3c(F)cccc23)C1=O. The van der Waals surface area contributed by atoms with E-state index in [9.17, 15) is 14.0 Å². The second-order valence-corrected chi connectivity index (χ2v) is 5.85. The third-order valence-corrected chi connectivity index (χ3v) is 4.68. The number of hydrogen-bond acceptors (Lipinski definition) is 3. The molecule has 0 radical (unpaired) electrons. The summed E-state index contributed by atoms with van der Waals surface area (Å²) in [5.74, 6) is -0.933. The van der Waals surface area contributed by atoms with E-state index in [1.165, 1.54) is 22.3 Å². The number of rotatable bonds is 2. The van der Waals surface area contributed by atoms with Crippen molar-refractivity contribution in [3.05, 3.63) is 29.4 Å². The molecule has 0 aliphatic carbocycles. The lowest BCUT2D eigenvalue weighted by Gasteiger charge is -2.33.